The van der Waals surface area contributed by atoms with Crippen molar-refractivity contribution in [3.63, 3.8) is 0 Å². The van der Waals surface area contributed by atoms with E-state index in [9.17, 15) is 9.59 Å². The van der Waals surface area contributed by atoms with Crippen LogP contribution in [0.15, 0.2) is 48.7 Å². The average Bonchev–Trinajstić information content (AvgIpc) is 2.79. The fraction of sp³-hybridized carbons (Fsp3) is 0.409. The summed E-state index contributed by atoms with van der Waals surface area (Å²) in [5, 5.41) is 0. The number of anilines is 1. The Labute approximate surface area is 171 Å². The number of likely N-dealkylation sites (N-methyl/N-ethyl adjacent to an activating group) is 1. The highest BCUT2D eigenvalue weighted by atomic mass is 16.2. The van der Waals surface area contributed by atoms with Crippen LogP contribution in [0.5, 0.6) is 0 Å². The summed E-state index contributed by atoms with van der Waals surface area (Å²) in [6, 6.07) is 13.6. The predicted octanol–water partition coefficient (Wildman–Crippen LogP) is 1.43. The van der Waals surface area contributed by atoms with Gasteiger partial charge in [-0.2, -0.15) is 0 Å². The minimum absolute atomic E-state index is 0.0246. The van der Waals surface area contributed by atoms with Gasteiger partial charge in [-0.15, -0.1) is 0 Å². The third-order valence-electron chi connectivity index (χ3n) is 5.70. The molecule has 0 unspecified atom stereocenters. The molecule has 0 radical (unpaired) electrons. The maximum absolute atomic E-state index is 13.0. The number of piperazine rings is 2. The number of amides is 2. The highest BCUT2D eigenvalue weighted by Gasteiger charge is 2.25. The molecule has 7 nitrogen and oxygen atoms in total. The molecule has 2 aliphatic rings. The van der Waals surface area contributed by atoms with E-state index in [1.165, 1.54) is 5.69 Å². The van der Waals surface area contributed by atoms with Gasteiger partial charge in [0.25, 0.3) is 11.8 Å². The van der Waals surface area contributed by atoms with E-state index in [2.05, 4.69) is 34.0 Å². The first kappa shape index (κ1) is 19.4. The van der Waals surface area contributed by atoms with Crippen LogP contribution in [-0.4, -0.2) is 90.9 Å². The molecule has 3 heterocycles. The summed E-state index contributed by atoms with van der Waals surface area (Å²) in [6.45, 7) is 6.02. The largest absolute Gasteiger partial charge is 0.368 e. The van der Waals surface area contributed by atoms with E-state index >= 15 is 0 Å². The van der Waals surface area contributed by atoms with E-state index in [0.29, 0.717) is 37.4 Å². The Kier molecular flexibility index (Phi) is 5.76. The van der Waals surface area contributed by atoms with Crippen molar-refractivity contribution in [1.82, 2.24) is 19.7 Å². The number of carbonyl (C=O) groups excluding carboxylic acids is 2. The first-order chi connectivity index (χ1) is 14.1. The summed E-state index contributed by atoms with van der Waals surface area (Å²) in [5.41, 5.74) is 2.06. The second-order valence-corrected chi connectivity index (χ2v) is 7.64. The van der Waals surface area contributed by atoms with Gasteiger partial charge in [0.05, 0.1) is 0 Å². The highest BCUT2D eigenvalue weighted by molar-refractivity contribution is 5.98. The Morgan fingerprint density at radius 3 is 2.10 bits per heavy atom. The Hall–Kier alpha value is -2.93. The lowest BCUT2D eigenvalue weighted by Gasteiger charge is -2.36. The molecule has 2 aromatic rings. The van der Waals surface area contributed by atoms with E-state index in [-0.39, 0.29) is 11.8 Å². The third-order valence-corrected chi connectivity index (χ3v) is 5.70. The molecule has 0 saturated carbocycles. The summed E-state index contributed by atoms with van der Waals surface area (Å²) in [6.07, 6.45) is 1.57. The number of para-hydroxylation sites is 1. The molecule has 1 aromatic heterocycles. The van der Waals surface area contributed by atoms with E-state index < -0.39 is 0 Å². The lowest BCUT2D eigenvalue weighted by molar-refractivity contribution is 0.0664. The van der Waals surface area contributed by atoms with Crippen LogP contribution in [0.4, 0.5) is 5.69 Å². The number of carbonyl (C=O) groups is 2. The molecule has 152 valence electrons. The van der Waals surface area contributed by atoms with Crippen LogP contribution in [0.3, 0.4) is 0 Å². The van der Waals surface area contributed by atoms with Crippen LogP contribution in [0.2, 0.25) is 0 Å². The molecule has 7 heteroatoms. The number of pyridine rings is 1. The Balaban J connectivity index is 1.39. The number of benzene rings is 1. The molecule has 0 bridgehead atoms. The number of rotatable bonds is 3. The lowest BCUT2D eigenvalue weighted by atomic mass is 10.1. The standard InChI is InChI=1S/C22H27N5O2/c1-24-9-11-26(12-10-24)21(28)18-7-8-23-20(17-18)22(29)27-15-13-25(14-16-27)19-5-3-2-4-6-19/h2-8,17H,9-16H2,1H3. The van der Waals surface area contributed by atoms with Gasteiger partial charge in [-0.25, -0.2) is 0 Å². The number of aromatic nitrogens is 1. The second kappa shape index (κ2) is 8.61. The maximum Gasteiger partial charge on any atom is 0.272 e. The Bertz CT molecular complexity index is 857. The van der Waals surface area contributed by atoms with Gasteiger partial charge in [-0.1, -0.05) is 18.2 Å². The first-order valence-corrected chi connectivity index (χ1v) is 10.1. The Morgan fingerprint density at radius 1 is 0.793 bits per heavy atom. The van der Waals surface area contributed by atoms with Crippen molar-refractivity contribution in [2.24, 2.45) is 0 Å². The summed E-state index contributed by atoms with van der Waals surface area (Å²) in [5.74, 6) is -0.130. The van der Waals surface area contributed by atoms with Crippen LogP contribution in [-0.2, 0) is 0 Å². The summed E-state index contributed by atoms with van der Waals surface area (Å²) in [4.78, 5) is 38.2. The molecule has 4 rings (SSSR count). The van der Waals surface area contributed by atoms with Crippen LogP contribution in [0.1, 0.15) is 20.8 Å². The summed E-state index contributed by atoms with van der Waals surface area (Å²) < 4.78 is 0. The summed E-state index contributed by atoms with van der Waals surface area (Å²) in [7, 11) is 2.06. The van der Waals surface area contributed by atoms with Gasteiger partial charge in [0, 0.05) is 69.8 Å². The highest BCUT2D eigenvalue weighted by Crippen LogP contribution is 2.17. The monoisotopic (exact) mass is 393 g/mol. The van der Waals surface area contributed by atoms with Crippen molar-refractivity contribution >= 4 is 17.5 Å². The molecule has 1 aromatic carbocycles. The van der Waals surface area contributed by atoms with Crippen molar-refractivity contribution in [1.29, 1.82) is 0 Å². The van der Waals surface area contributed by atoms with Gasteiger partial charge in [-0.3, -0.25) is 14.6 Å². The van der Waals surface area contributed by atoms with E-state index in [1.807, 2.05) is 28.0 Å². The van der Waals surface area contributed by atoms with E-state index in [0.717, 1.165) is 26.2 Å². The van der Waals surface area contributed by atoms with Crippen molar-refractivity contribution in [2.45, 2.75) is 0 Å². The van der Waals surface area contributed by atoms with Crippen molar-refractivity contribution < 1.29 is 9.59 Å². The topological polar surface area (TPSA) is 60.0 Å². The van der Waals surface area contributed by atoms with Crippen LogP contribution in [0.25, 0.3) is 0 Å². The normalized spacial score (nSPS) is 18.0. The van der Waals surface area contributed by atoms with E-state index in [1.54, 1.807) is 18.3 Å². The molecule has 0 atom stereocenters. The number of hydrogen-bond donors (Lipinski definition) is 0. The minimum Gasteiger partial charge on any atom is -0.368 e. The van der Waals surface area contributed by atoms with Gasteiger partial charge in [0.2, 0.25) is 0 Å². The minimum atomic E-state index is -0.106. The molecule has 0 N–H and O–H groups in total. The summed E-state index contributed by atoms with van der Waals surface area (Å²) >= 11 is 0. The molecule has 2 aliphatic heterocycles. The smallest absolute Gasteiger partial charge is 0.272 e. The number of nitrogens with zero attached hydrogens (tertiary/aromatic N) is 5. The molecular formula is C22H27N5O2. The quantitative estimate of drug-likeness (QED) is 0.790. The van der Waals surface area contributed by atoms with Gasteiger partial charge in [-0.05, 0) is 31.3 Å². The zero-order valence-electron chi connectivity index (χ0n) is 16.8. The molecule has 0 spiro atoms. The molecular weight excluding hydrogens is 366 g/mol. The van der Waals surface area contributed by atoms with Gasteiger partial charge >= 0.3 is 0 Å². The van der Waals surface area contributed by atoms with Gasteiger partial charge < -0.3 is 19.6 Å². The fourth-order valence-electron chi connectivity index (χ4n) is 3.84. The first-order valence-electron chi connectivity index (χ1n) is 10.1. The van der Waals surface area contributed by atoms with E-state index in [4.69, 9.17) is 0 Å². The van der Waals surface area contributed by atoms with Crippen LogP contribution >= 0.6 is 0 Å². The Morgan fingerprint density at radius 2 is 1.41 bits per heavy atom. The van der Waals surface area contributed by atoms with Crippen molar-refractivity contribution in [3.8, 4) is 0 Å². The fourth-order valence-corrected chi connectivity index (χ4v) is 3.84. The zero-order chi connectivity index (χ0) is 20.2. The second-order valence-electron chi connectivity index (χ2n) is 7.64. The van der Waals surface area contributed by atoms with Crippen molar-refractivity contribution in [2.75, 3.05) is 64.3 Å². The SMILES string of the molecule is CN1CCN(C(=O)c2ccnc(C(=O)N3CCN(c4ccccc4)CC3)c2)CC1. The van der Waals surface area contributed by atoms with Gasteiger partial charge in [0.15, 0.2) is 0 Å². The lowest BCUT2D eigenvalue weighted by Crippen LogP contribution is -2.49. The number of hydrogen-bond acceptors (Lipinski definition) is 5. The molecule has 2 amide bonds. The molecule has 2 saturated heterocycles. The van der Waals surface area contributed by atoms with Gasteiger partial charge in [0.1, 0.15) is 5.69 Å². The van der Waals surface area contributed by atoms with Crippen LogP contribution < -0.4 is 4.90 Å². The maximum atomic E-state index is 13.0. The third kappa shape index (κ3) is 4.40. The molecule has 2 fully saturated rings. The van der Waals surface area contributed by atoms with Crippen molar-refractivity contribution in [3.05, 3.63) is 59.9 Å². The molecule has 29 heavy (non-hydrogen) atoms. The zero-order valence-corrected chi connectivity index (χ0v) is 16.8. The predicted molar refractivity (Wildman–Crippen MR) is 112 cm³/mol. The van der Waals surface area contributed by atoms with Crippen LogP contribution in [0, 0.1) is 0 Å². The average molecular weight is 393 g/mol. The molecule has 0 aliphatic carbocycles.